The lowest BCUT2D eigenvalue weighted by atomic mass is 10.2. The first-order chi connectivity index (χ1) is 8.59. The molecule has 0 saturated carbocycles. The molecule has 1 aromatic heterocycles. The quantitative estimate of drug-likeness (QED) is 0.739. The maximum absolute atomic E-state index is 8.99. The second-order valence-electron chi connectivity index (χ2n) is 4.51. The van der Waals surface area contributed by atoms with E-state index in [1.165, 1.54) is 12.5 Å². The lowest BCUT2D eigenvalue weighted by Crippen LogP contribution is -2.22. The van der Waals surface area contributed by atoms with Crippen LogP contribution in [0.5, 0.6) is 0 Å². The van der Waals surface area contributed by atoms with E-state index < -0.39 is 12.1 Å². The van der Waals surface area contributed by atoms with Crippen molar-refractivity contribution in [1.29, 1.82) is 5.26 Å². The molecule has 1 aromatic rings. The summed E-state index contributed by atoms with van der Waals surface area (Å²) < 4.78 is 16.8. The summed E-state index contributed by atoms with van der Waals surface area (Å²) in [6, 6.07) is 2.03. The number of ether oxygens (including phenoxy) is 3. The van der Waals surface area contributed by atoms with E-state index in [-0.39, 0.29) is 6.10 Å². The van der Waals surface area contributed by atoms with Crippen LogP contribution in [0.15, 0.2) is 18.6 Å². The van der Waals surface area contributed by atoms with Crippen LogP contribution in [0.4, 0.5) is 0 Å². The predicted octanol–water partition coefficient (Wildman–Crippen LogP) is 1.20. The van der Waals surface area contributed by atoms with Gasteiger partial charge in [0.15, 0.2) is 5.79 Å². The monoisotopic (exact) mass is 245 g/mol. The van der Waals surface area contributed by atoms with E-state index in [1.807, 2.05) is 19.9 Å². The number of rotatable bonds is 1. The highest BCUT2D eigenvalue weighted by Crippen LogP contribution is 2.38. The summed E-state index contributed by atoms with van der Waals surface area (Å²) in [5, 5.41) is 8.99. The Hall–Kier alpha value is -1.97. The highest BCUT2D eigenvalue weighted by atomic mass is 16.8. The largest absolute Gasteiger partial charge is 0.460 e. The molecule has 0 N–H and O–H groups in total. The minimum Gasteiger partial charge on any atom is -0.460 e. The number of nitrogens with zero attached hydrogens (tertiary/aromatic N) is 3. The summed E-state index contributed by atoms with van der Waals surface area (Å²) in [6.07, 6.45) is 3.86. The molecular weight excluding hydrogens is 234 g/mol. The lowest BCUT2D eigenvalue weighted by Gasteiger charge is -2.18. The SMILES string of the molecule is CC1(C)O[C@H]2OC(c3ncncc3C#N)=C[C@H]2O1. The number of aromatic nitrogens is 2. The van der Waals surface area contributed by atoms with Crippen molar-refractivity contribution in [1.82, 2.24) is 9.97 Å². The molecule has 3 rings (SSSR count). The van der Waals surface area contributed by atoms with Crippen molar-refractivity contribution < 1.29 is 14.2 Å². The molecule has 0 aromatic carbocycles. The Labute approximate surface area is 104 Å². The first kappa shape index (κ1) is 11.1. The lowest BCUT2D eigenvalue weighted by molar-refractivity contribution is -0.174. The Balaban J connectivity index is 1.91. The van der Waals surface area contributed by atoms with Crippen molar-refractivity contribution >= 4 is 5.76 Å². The number of hydrogen-bond acceptors (Lipinski definition) is 6. The molecule has 1 fully saturated rings. The van der Waals surface area contributed by atoms with Gasteiger partial charge in [0.1, 0.15) is 30.0 Å². The molecule has 0 radical (unpaired) electrons. The van der Waals surface area contributed by atoms with Gasteiger partial charge in [-0.2, -0.15) is 5.26 Å². The summed E-state index contributed by atoms with van der Waals surface area (Å²) in [6.45, 7) is 3.65. The van der Waals surface area contributed by atoms with Crippen LogP contribution in [-0.4, -0.2) is 28.1 Å². The van der Waals surface area contributed by atoms with Crippen LogP contribution in [0.3, 0.4) is 0 Å². The van der Waals surface area contributed by atoms with Crippen molar-refractivity contribution in [3.63, 3.8) is 0 Å². The van der Waals surface area contributed by atoms with Crippen LogP contribution < -0.4 is 0 Å². The van der Waals surface area contributed by atoms with E-state index in [2.05, 4.69) is 9.97 Å². The minimum absolute atomic E-state index is 0.267. The fourth-order valence-electron chi connectivity index (χ4n) is 2.02. The van der Waals surface area contributed by atoms with Gasteiger partial charge in [0.05, 0.1) is 5.56 Å². The van der Waals surface area contributed by atoms with Gasteiger partial charge in [0.2, 0.25) is 6.29 Å². The number of nitriles is 1. The van der Waals surface area contributed by atoms with Crippen LogP contribution in [0.2, 0.25) is 0 Å². The van der Waals surface area contributed by atoms with Gasteiger partial charge >= 0.3 is 0 Å². The van der Waals surface area contributed by atoms with Gasteiger partial charge < -0.3 is 14.2 Å². The highest BCUT2D eigenvalue weighted by Gasteiger charge is 2.46. The van der Waals surface area contributed by atoms with E-state index in [0.29, 0.717) is 17.0 Å². The summed E-state index contributed by atoms with van der Waals surface area (Å²) in [5.74, 6) is -0.152. The maximum atomic E-state index is 8.99. The molecule has 0 unspecified atom stereocenters. The van der Waals surface area contributed by atoms with E-state index in [4.69, 9.17) is 19.5 Å². The van der Waals surface area contributed by atoms with Crippen LogP contribution in [0.1, 0.15) is 25.1 Å². The van der Waals surface area contributed by atoms with Gasteiger partial charge in [-0.1, -0.05) is 0 Å². The molecule has 6 nitrogen and oxygen atoms in total. The molecule has 0 aliphatic carbocycles. The third-order valence-electron chi connectivity index (χ3n) is 2.71. The average molecular weight is 245 g/mol. The van der Waals surface area contributed by atoms with Crippen molar-refractivity contribution in [3.05, 3.63) is 29.9 Å². The summed E-state index contributed by atoms with van der Waals surface area (Å²) in [4.78, 5) is 7.86. The van der Waals surface area contributed by atoms with Gasteiger partial charge in [-0.25, -0.2) is 9.97 Å². The van der Waals surface area contributed by atoms with Gasteiger partial charge in [-0.05, 0) is 19.9 Å². The standard InChI is InChI=1S/C12H11N3O3/c1-12(2)17-9-3-8(16-11(9)18-12)10-7(4-13)5-14-6-15-10/h3,5-6,9,11H,1-2H3/t9-,11-/m1/s1. The molecule has 1 saturated heterocycles. The van der Waals surface area contributed by atoms with Gasteiger partial charge in [0, 0.05) is 6.20 Å². The Morgan fingerprint density at radius 3 is 2.94 bits per heavy atom. The maximum Gasteiger partial charge on any atom is 0.232 e. The number of hydrogen-bond donors (Lipinski definition) is 0. The Bertz CT molecular complexity index is 562. The van der Waals surface area contributed by atoms with Gasteiger partial charge in [-0.3, -0.25) is 0 Å². The topological polar surface area (TPSA) is 77.3 Å². The molecule has 0 spiro atoms. The first-order valence-electron chi connectivity index (χ1n) is 5.54. The first-order valence-corrected chi connectivity index (χ1v) is 5.54. The van der Waals surface area contributed by atoms with E-state index in [9.17, 15) is 0 Å². The van der Waals surface area contributed by atoms with Crippen molar-refractivity contribution in [2.45, 2.75) is 32.0 Å². The van der Waals surface area contributed by atoms with E-state index >= 15 is 0 Å². The molecule has 92 valence electrons. The number of fused-ring (bicyclic) bond motifs is 1. The zero-order chi connectivity index (χ0) is 12.8. The summed E-state index contributed by atoms with van der Waals surface area (Å²) in [7, 11) is 0. The van der Waals surface area contributed by atoms with Crippen LogP contribution in [0, 0.1) is 11.3 Å². The molecule has 2 aliphatic rings. The van der Waals surface area contributed by atoms with Crippen molar-refractivity contribution in [2.75, 3.05) is 0 Å². The van der Waals surface area contributed by atoms with Gasteiger partial charge in [-0.15, -0.1) is 0 Å². The van der Waals surface area contributed by atoms with Crippen LogP contribution in [0.25, 0.3) is 5.76 Å². The smallest absolute Gasteiger partial charge is 0.232 e. The summed E-state index contributed by atoms with van der Waals surface area (Å²) in [5.41, 5.74) is 0.829. The van der Waals surface area contributed by atoms with E-state index in [0.717, 1.165) is 0 Å². The highest BCUT2D eigenvalue weighted by molar-refractivity contribution is 5.64. The third kappa shape index (κ3) is 1.74. The molecule has 0 bridgehead atoms. The third-order valence-corrected chi connectivity index (χ3v) is 2.71. The van der Waals surface area contributed by atoms with Crippen LogP contribution >= 0.6 is 0 Å². The molecule has 18 heavy (non-hydrogen) atoms. The van der Waals surface area contributed by atoms with E-state index in [1.54, 1.807) is 6.08 Å². The van der Waals surface area contributed by atoms with Crippen molar-refractivity contribution in [3.8, 4) is 6.07 Å². The second-order valence-corrected chi connectivity index (χ2v) is 4.51. The Morgan fingerprint density at radius 1 is 1.39 bits per heavy atom. The summed E-state index contributed by atoms with van der Waals surface area (Å²) >= 11 is 0. The Kier molecular flexibility index (Phi) is 2.33. The zero-order valence-electron chi connectivity index (χ0n) is 9.95. The zero-order valence-corrected chi connectivity index (χ0v) is 9.95. The normalized spacial score (nSPS) is 28.2. The molecule has 3 heterocycles. The molecule has 2 atom stereocenters. The molecule has 0 amide bonds. The fourth-order valence-corrected chi connectivity index (χ4v) is 2.02. The van der Waals surface area contributed by atoms with Gasteiger partial charge in [0.25, 0.3) is 0 Å². The molecule has 2 aliphatic heterocycles. The fraction of sp³-hybridized carbons (Fsp3) is 0.417. The predicted molar refractivity (Wildman–Crippen MR) is 59.6 cm³/mol. The Morgan fingerprint density at radius 2 is 2.22 bits per heavy atom. The molecular formula is C12H11N3O3. The van der Waals surface area contributed by atoms with Crippen molar-refractivity contribution in [2.24, 2.45) is 0 Å². The minimum atomic E-state index is -0.652. The molecule has 6 heteroatoms. The van der Waals surface area contributed by atoms with Crippen LogP contribution in [-0.2, 0) is 14.2 Å². The second kappa shape index (κ2) is 3.77. The average Bonchev–Trinajstić information content (AvgIpc) is 2.82.